The third kappa shape index (κ3) is 3.57. The Morgan fingerprint density at radius 3 is 2.95 bits per heavy atom. The van der Waals surface area contributed by atoms with Crippen molar-refractivity contribution < 1.29 is 9.53 Å². The molecule has 1 N–H and O–H groups in total. The van der Waals surface area contributed by atoms with Gasteiger partial charge in [0.2, 0.25) is 0 Å². The van der Waals surface area contributed by atoms with E-state index in [1.807, 2.05) is 6.07 Å². The Labute approximate surface area is 119 Å². The van der Waals surface area contributed by atoms with Gasteiger partial charge in [-0.3, -0.25) is 4.79 Å². The standard InChI is InChI=1S/C15H23NO2S/c1-15(2)8-4-7-13(15)16-11(10-14(17)18-3)12-6-5-9-19-12/h5-6,9,11,13,16H,4,7-8,10H2,1-3H3. The molecule has 2 unspecified atom stereocenters. The van der Waals surface area contributed by atoms with E-state index in [4.69, 9.17) is 4.74 Å². The molecule has 1 aromatic heterocycles. The second kappa shape index (κ2) is 6.06. The van der Waals surface area contributed by atoms with E-state index in [9.17, 15) is 4.79 Å². The number of carbonyl (C=O) groups excluding carboxylic acids is 1. The van der Waals surface area contributed by atoms with Crippen LogP contribution in [0, 0.1) is 5.41 Å². The third-order valence-electron chi connectivity index (χ3n) is 4.14. The van der Waals surface area contributed by atoms with Crippen LogP contribution in [0.1, 0.15) is 50.4 Å². The molecule has 106 valence electrons. The zero-order chi connectivity index (χ0) is 13.9. The van der Waals surface area contributed by atoms with E-state index in [1.54, 1.807) is 11.3 Å². The van der Waals surface area contributed by atoms with Gasteiger partial charge >= 0.3 is 5.97 Å². The molecule has 1 heterocycles. The number of hydrogen-bond acceptors (Lipinski definition) is 4. The van der Waals surface area contributed by atoms with Crippen LogP contribution in [0.5, 0.6) is 0 Å². The lowest BCUT2D eigenvalue weighted by molar-refractivity contribution is -0.141. The molecule has 0 spiro atoms. The minimum Gasteiger partial charge on any atom is -0.469 e. The molecule has 0 radical (unpaired) electrons. The Hall–Kier alpha value is -0.870. The van der Waals surface area contributed by atoms with Crippen molar-refractivity contribution in [2.45, 2.75) is 51.6 Å². The fourth-order valence-electron chi connectivity index (χ4n) is 2.86. The summed E-state index contributed by atoms with van der Waals surface area (Å²) >= 11 is 1.70. The lowest BCUT2D eigenvalue weighted by Gasteiger charge is -2.31. The van der Waals surface area contributed by atoms with Crippen LogP contribution in [0.25, 0.3) is 0 Å². The molecule has 0 aliphatic heterocycles. The predicted molar refractivity (Wildman–Crippen MR) is 78.2 cm³/mol. The van der Waals surface area contributed by atoms with E-state index >= 15 is 0 Å². The molecule has 3 nitrogen and oxygen atoms in total. The van der Waals surface area contributed by atoms with Crippen LogP contribution in [0.4, 0.5) is 0 Å². The van der Waals surface area contributed by atoms with Gasteiger partial charge in [-0.15, -0.1) is 11.3 Å². The van der Waals surface area contributed by atoms with Gasteiger partial charge in [0.05, 0.1) is 19.6 Å². The molecule has 0 amide bonds. The maximum absolute atomic E-state index is 11.6. The summed E-state index contributed by atoms with van der Waals surface area (Å²) in [6.45, 7) is 4.61. The van der Waals surface area contributed by atoms with Crippen molar-refractivity contribution in [3.8, 4) is 0 Å². The Morgan fingerprint density at radius 2 is 2.42 bits per heavy atom. The predicted octanol–water partition coefficient (Wildman–Crippen LogP) is 3.52. The Balaban J connectivity index is 2.08. The first kappa shape index (κ1) is 14.5. The molecule has 1 aromatic rings. The van der Waals surface area contributed by atoms with Gasteiger partial charge < -0.3 is 10.1 Å². The van der Waals surface area contributed by atoms with Crippen LogP contribution in [0.2, 0.25) is 0 Å². The van der Waals surface area contributed by atoms with Crippen molar-refractivity contribution in [2.24, 2.45) is 5.41 Å². The first-order valence-electron chi connectivity index (χ1n) is 6.89. The quantitative estimate of drug-likeness (QED) is 0.839. The summed E-state index contributed by atoms with van der Waals surface area (Å²) in [5.41, 5.74) is 0.311. The number of esters is 1. The average molecular weight is 281 g/mol. The maximum Gasteiger partial charge on any atom is 0.307 e. The SMILES string of the molecule is COC(=O)CC(NC1CCCC1(C)C)c1cccs1. The van der Waals surface area contributed by atoms with Gasteiger partial charge in [-0.1, -0.05) is 26.3 Å². The van der Waals surface area contributed by atoms with Crippen LogP contribution >= 0.6 is 11.3 Å². The molecule has 19 heavy (non-hydrogen) atoms. The van der Waals surface area contributed by atoms with Crippen molar-refractivity contribution in [3.05, 3.63) is 22.4 Å². The zero-order valence-electron chi connectivity index (χ0n) is 11.9. The van der Waals surface area contributed by atoms with E-state index in [0.29, 0.717) is 17.9 Å². The van der Waals surface area contributed by atoms with E-state index < -0.39 is 0 Å². The molecule has 2 atom stereocenters. The van der Waals surface area contributed by atoms with Gasteiger partial charge in [-0.2, -0.15) is 0 Å². The first-order chi connectivity index (χ1) is 9.03. The van der Waals surface area contributed by atoms with Gasteiger partial charge in [0, 0.05) is 10.9 Å². The average Bonchev–Trinajstić information content (AvgIpc) is 2.98. The number of methoxy groups -OCH3 is 1. The fourth-order valence-corrected chi connectivity index (χ4v) is 3.65. The smallest absolute Gasteiger partial charge is 0.307 e. The normalized spacial score (nSPS) is 23.2. The lowest BCUT2D eigenvalue weighted by atomic mass is 9.87. The second-order valence-corrected chi connectivity index (χ2v) is 6.93. The summed E-state index contributed by atoms with van der Waals surface area (Å²) in [7, 11) is 1.45. The van der Waals surface area contributed by atoms with Crippen LogP contribution in [-0.4, -0.2) is 19.1 Å². The Kier molecular flexibility index (Phi) is 4.63. The molecule has 2 rings (SSSR count). The molecular weight excluding hydrogens is 258 g/mol. The molecule has 0 saturated heterocycles. The van der Waals surface area contributed by atoms with Gasteiger partial charge in [0.1, 0.15) is 0 Å². The summed E-state index contributed by atoms with van der Waals surface area (Å²) in [6.07, 6.45) is 4.11. The van der Waals surface area contributed by atoms with Crippen LogP contribution < -0.4 is 5.32 Å². The Morgan fingerprint density at radius 1 is 1.63 bits per heavy atom. The molecular formula is C15H23NO2S. The van der Waals surface area contributed by atoms with Gasteiger partial charge in [0.15, 0.2) is 0 Å². The zero-order valence-corrected chi connectivity index (χ0v) is 12.8. The van der Waals surface area contributed by atoms with Crippen LogP contribution in [0.3, 0.4) is 0 Å². The minimum atomic E-state index is -0.151. The third-order valence-corrected chi connectivity index (χ3v) is 5.13. The molecule has 1 aliphatic rings. The molecule has 0 aromatic carbocycles. The summed E-state index contributed by atoms with van der Waals surface area (Å²) in [5.74, 6) is -0.151. The molecule has 1 saturated carbocycles. The van der Waals surface area contributed by atoms with E-state index in [1.165, 1.54) is 31.2 Å². The summed E-state index contributed by atoms with van der Waals surface area (Å²) in [4.78, 5) is 12.8. The molecule has 1 fully saturated rings. The summed E-state index contributed by atoms with van der Waals surface area (Å²) in [5, 5.41) is 5.74. The summed E-state index contributed by atoms with van der Waals surface area (Å²) < 4.78 is 4.82. The number of rotatable bonds is 5. The number of ether oxygens (including phenoxy) is 1. The van der Waals surface area contributed by atoms with Crippen LogP contribution in [0.15, 0.2) is 17.5 Å². The second-order valence-electron chi connectivity index (χ2n) is 5.95. The first-order valence-corrected chi connectivity index (χ1v) is 7.77. The van der Waals surface area contributed by atoms with Crippen LogP contribution in [-0.2, 0) is 9.53 Å². The van der Waals surface area contributed by atoms with Crippen molar-refractivity contribution in [1.82, 2.24) is 5.32 Å². The molecule has 0 bridgehead atoms. The number of nitrogens with one attached hydrogen (secondary N) is 1. The van der Waals surface area contributed by atoms with Crippen molar-refractivity contribution >= 4 is 17.3 Å². The fraction of sp³-hybridized carbons (Fsp3) is 0.667. The molecule has 4 heteroatoms. The van der Waals surface area contributed by atoms with E-state index in [0.717, 1.165) is 0 Å². The van der Waals surface area contributed by atoms with E-state index in [-0.39, 0.29) is 12.0 Å². The van der Waals surface area contributed by atoms with Gasteiger partial charge in [-0.05, 0) is 29.7 Å². The number of hydrogen-bond donors (Lipinski definition) is 1. The van der Waals surface area contributed by atoms with Crippen molar-refractivity contribution in [1.29, 1.82) is 0 Å². The van der Waals surface area contributed by atoms with Gasteiger partial charge in [-0.25, -0.2) is 0 Å². The minimum absolute atomic E-state index is 0.0785. The number of thiophene rings is 1. The molecule has 1 aliphatic carbocycles. The highest BCUT2D eigenvalue weighted by Gasteiger charge is 2.36. The van der Waals surface area contributed by atoms with Gasteiger partial charge in [0.25, 0.3) is 0 Å². The number of carbonyl (C=O) groups is 1. The highest BCUT2D eigenvalue weighted by Crippen LogP contribution is 2.39. The Bertz CT molecular complexity index is 414. The largest absolute Gasteiger partial charge is 0.469 e. The monoisotopic (exact) mass is 281 g/mol. The summed E-state index contributed by atoms with van der Waals surface area (Å²) in [6, 6.07) is 4.68. The van der Waals surface area contributed by atoms with Crippen molar-refractivity contribution in [2.75, 3.05) is 7.11 Å². The lowest BCUT2D eigenvalue weighted by Crippen LogP contribution is -2.40. The van der Waals surface area contributed by atoms with E-state index in [2.05, 4.69) is 30.6 Å². The van der Waals surface area contributed by atoms with Crippen molar-refractivity contribution in [3.63, 3.8) is 0 Å². The topological polar surface area (TPSA) is 38.3 Å². The maximum atomic E-state index is 11.6. The highest BCUT2D eigenvalue weighted by atomic mass is 32.1. The highest BCUT2D eigenvalue weighted by molar-refractivity contribution is 7.10.